The third-order valence-electron chi connectivity index (χ3n) is 4.06. The summed E-state index contributed by atoms with van der Waals surface area (Å²) < 4.78 is 7.69. The second-order valence-corrected chi connectivity index (χ2v) is 5.91. The molecule has 1 aromatic heterocycles. The van der Waals surface area contributed by atoms with Gasteiger partial charge in [0.25, 0.3) is 0 Å². The van der Waals surface area contributed by atoms with Gasteiger partial charge in [-0.2, -0.15) is 0 Å². The van der Waals surface area contributed by atoms with Crippen molar-refractivity contribution in [1.82, 2.24) is 14.5 Å². The average molecular weight is 279 g/mol. The zero-order valence-corrected chi connectivity index (χ0v) is 12.7. The van der Waals surface area contributed by atoms with E-state index in [1.165, 1.54) is 12.8 Å². The third kappa shape index (κ3) is 4.07. The van der Waals surface area contributed by atoms with Crippen LogP contribution in [0.2, 0.25) is 0 Å². The Morgan fingerprint density at radius 1 is 1.55 bits per heavy atom. The average Bonchev–Trinajstić information content (AvgIpc) is 2.81. The fraction of sp³-hybridized carbons (Fsp3) is 0.733. The molecule has 1 amide bonds. The molecule has 2 atom stereocenters. The fourth-order valence-electron chi connectivity index (χ4n) is 2.68. The molecular weight excluding hydrogens is 254 g/mol. The van der Waals surface area contributed by atoms with E-state index in [1.807, 2.05) is 17.8 Å². The maximum atomic E-state index is 12.1. The van der Waals surface area contributed by atoms with Gasteiger partial charge in [0, 0.05) is 26.5 Å². The lowest BCUT2D eigenvalue weighted by Crippen LogP contribution is -2.33. The molecule has 1 fully saturated rings. The summed E-state index contributed by atoms with van der Waals surface area (Å²) in [6, 6.07) is 0. The van der Waals surface area contributed by atoms with E-state index >= 15 is 0 Å². The van der Waals surface area contributed by atoms with Crippen LogP contribution in [0.3, 0.4) is 0 Å². The number of carbonyl (C=O) groups excluding carboxylic acids is 1. The molecular formula is C15H25N3O2. The maximum absolute atomic E-state index is 12.1. The van der Waals surface area contributed by atoms with Gasteiger partial charge in [-0.3, -0.25) is 4.79 Å². The quantitative estimate of drug-likeness (QED) is 0.828. The fourth-order valence-corrected chi connectivity index (χ4v) is 2.68. The topological polar surface area (TPSA) is 47.4 Å². The smallest absolute Gasteiger partial charge is 0.248 e. The highest BCUT2D eigenvalue weighted by Gasteiger charge is 2.21. The number of imidazole rings is 1. The van der Waals surface area contributed by atoms with Crippen molar-refractivity contribution in [1.29, 1.82) is 0 Å². The second kappa shape index (κ2) is 6.88. The van der Waals surface area contributed by atoms with Crippen molar-refractivity contribution in [3.63, 3.8) is 0 Å². The van der Waals surface area contributed by atoms with Gasteiger partial charge < -0.3 is 14.2 Å². The van der Waals surface area contributed by atoms with Gasteiger partial charge in [-0.1, -0.05) is 19.8 Å². The summed E-state index contributed by atoms with van der Waals surface area (Å²) in [5, 5.41) is 0. The highest BCUT2D eigenvalue weighted by atomic mass is 16.5. The first-order valence-corrected chi connectivity index (χ1v) is 7.38. The highest BCUT2D eigenvalue weighted by molar-refractivity contribution is 5.77. The largest absolute Gasteiger partial charge is 0.368 e. The van der Waals surface area contributed by atoms with E-state index in [4.69, 9.17) is 4.74 Å². The lowest BCUT2D eigenvalue weighted by molar-refractivity contribution is -0.138. The van der Waals surface area contributed by atoms with Crippen LogP contribution in [-0.4, -0.2) is 40.1 Å². The molecule has 5 nitrogen and oxygen atoms in total. The SMILES string of the molecule is C[C@@H]1CCC[C@@H](OCC(=O)N(C)Cc2nccn2C)C1. The van der Waals surface area contributed by atoms with Gasteiger partial charge in [0.1, 0.15) is 12.4 Å². The molecule has 20 heavy (non-hydrogen) atoms. The monoisotopic (exact) mass is 279 g/mol. The van der Waals surface area contributed by atoms with Crippen LogP contribution in [0.1, 0.15) is 38.4 Å². The standard InChI is InChI=1S/C15H25N3O2/c1-12-5-4-6-13(9-12)20-11-15(19)18(3)10-14-16-7-8-17(14)2/h7-8,12-13H,4-6,9-11H2,1-3H3/t12-,13-/m1/s1. The van der Waals surface area contributed by atoms with E-state index in [0.717, 1.165) is 18.7 Å². The lowest BCUT2D eigenvalue weighted by Gasteiger charge is -2.27. The van der Waals surface area contributed by atoms with E-state index < -0.39 is 0 Å². The number of hydrogen-bond acceptors (Lipinski definition) is 3. The van der Waals surface area contributed by atoms with E-state index in [1.54, 1.807) is 18.1 Å². The van der Waals surface area contributed by atoms with E-state index in [0.29, 0.717) is 12.5 Å². The summed E-state index contributed by atoms with van der Waals surface area (Å²) in [5.41, 5.74) is 0. The summed E-state index contributed by atoms with van der Waals surface area (Å²) in [6.07, 6.45) is 8.54. The van der Waals surface area contributed by atoms with E-state index in [-0.39, 0.29) is 18.6 Å². The van der Waals surface area contributed by atoms with Crippen LogP contribution in [-0.2, 0) is 23.1 Å². The van der Waals surface area contributed by atoms with Crippen LogP contribution in [0.15, 0.2) is 12.4 Å². The molecule has 1 saturated carbocycles. The minimum atomic E-state index is 0.0197. The van der Waals surface area contributed by atoms with Crippen molar-refractivity contribution in [3.8, 4) is 0 Å². The van der Waals surface area contributed by atoms with Crippen molar-refractivity contribution in [2.45, 2.75) is 45.3 Å². The number of ether oxygens (including phenoxy) is 1. The Morgan fingerprint density at radius 3 is 3.00 bits per heavy atom. The van der Waals surface area contributed by atoms with Gasteiger partial charge in [0.2, 0.25) is 5.91 Å². The van der Waals surface area contributed by atoms with Crippen LogP contribution in [0.5, 0.6) is 0 Å². The Labute approximate surface area is 120 Å². The lowest BCUT2D eigenvalue weighted by atomic mass is 9.89. The second-order valence-electron chi connectivity index (χ2n) is 5.91. The van der Waals surface area contributed by atoms with Gasteiger partial charge in [-0.25, -0.2) is 4.98 Å². The predicted octanol–water partition coefficient (Wildman–Crippen LogP) is 1.97. The van der Waals surface area contributed by atoms with Crippen LogP contribution >= 0.6 is 0 Å². The van der Waals surface area contributed by atoms with Gasteiger partial charge in [0.05, 0.1) is 12.6 Å². The summed E-state index contributed by atoms with van der Waals surface area (Å²) in [5.74, 6) is 1.62. The number of aromatic nitrogens is 2. The van der Waals surface area contributed by atoms with Gasteiger partial charge in [-0.15, -0.1) is 0 Å². The molecule has 2 rings (SSSR count). The van der Waals surface area contributed by atoms with Crippen molar-refractivity contribution < 1.29 is 9.53 Å². The Balaban J connectivity index is 1.75. The molecule has 0 unspecified atom stereocenters. The number of amides is 1. The minimum Gasteiger partial charge on any atom is -0.368 e. The molecule has 1 aliphatic rings. The molecule has 1 aliphatic carbocycles. The minimum absolute atomic E-state index is 0.0197. The Morgan fingerprint density at radius 2 is 2.35 bits per heavy atom. The van der Waals surface area contributed by atoms with Gasteiger partial charge in [-0.05, 0) is 18.8 Å². The molecule has 1 heterocycles. The Bertz CT molecular complexity index is 444. The predicted molar refractivity (Wildman–Crippen MR) is 77.1 cm³/mol. The molecule has 0 N–H and O–H groups in total. The maximum Gasteiger partial charge on any atom is 0.248 e. The molecule has 0 aliphatic heterocycles. The van der Waals surface area contributed by atoms with Crippen LogP contribution in [0, 0.1) is 5.92 Å². The molecule has 5 heteroatoms. The molecule has 0 saturated heterocycles. The van der Waals surface area contributed by atoms with Crippen LogP contribution < -0.4 is 0 Å². The van der Waals surface area contributed by atoms with Crippen molar-refractivity contribution >= 4 is 5.91 Å². The number of rotatable bonds is 5. The first-order valence-electron chi connectivity index (χ1n) is 7.38. The summed E-state index contributed by atoms with van der Waals surface area (Å²) >= 11 is 0. The zero-order valence-electron chi connectivity index (χ0n) is 12.7. The first kappa shape index (κ1) is 15.0. The molecule has 0 radical (unpaired) electrons. The molecule has 1 aromatic rings. The van der Waals surface area contributed by atoms with E-state index in [9.17, 15) is 4.79 Å². The molecule has 0 aromatic carbocycles. The summed E-state index contributed by atoms with van der Waals surface area (Å²) in [4.78, 5) is 18.0. The Kier molecular flexibility index (Phi) is 5.17. The molecule has 0 bridgehead atoms. The third-order valence-corrected chi connectivity index (χ3v) is 4.06. The van der Waals surface area contributed by atoms with Crippen LogP contribution in [0.4, 0.5) is 0 Å². The highest BCUT2D eigenvalue weighted by Crippen LogP contribution is 2.25. The van der Waals surface area contributed by atoms with Gasteiger partial charge >= 0.3 is 0 Å². The summed E-state index contributed by atoms with van der Waals surface area (Å²) in [7, 11) is 3.73. The number of nitrogens with zero attached hydrogens (tertiary/aromatic N) is 3. The first-order chi connectivity index (χ1) is 9.56. The molecule has 0 spiro atoms. The Hall–Kier alpha value is -1.36. The number of likely N-dealkylation sites (N-methyl/N-ethyl adjacent to an activating group) is 1. The van der Waals surface area contributed by atoms with E-state index in [2.05, 4.69) is 11.9 Å². The zero-order chi connectivity index (χ0) is 14.5. The van der Waals surface area contributed by atoms with Crippen molar-refractivity contribution in [2.24, 2.45) is 13.0 Å². The van der Waals surface area contributed by atoms with Crippen molar-refractivity contribution in [3.05, 3.63) is 18.2 Å². The summed E-state index contributed by atoms with van der Waals surface area (Å²) in [6.45, 7) is 2.95. The molecule has 112 valence electrons. The number of carbonyl (C=O) groups is 1. The normalized spacial score (nSPS) is 22.8. The van der Waals surface area contributed by atoms with Crippen LogP contribution in [0.25, 0.3) is 0 Å². The number of hydrogen-bond donors (Lipinski definition) is 0. The van der Waals surface area contributed by atoms with Crippen molar-refractivity contribution in [2.75, 3.05) is 13.7 Å². The van der Waals surface area contributed by atoms with Gasteiger partial charge in [0.15, 0.2) is 0 Å². The number of aryl methyl sites for hydroxylation is 1.